The molecule has 0 spiro atoms. The highest BCUT2D eigenvalue weighted by atomic mass is 16.5. The van der Waals surface area contributed by atoms with Crippen LogP contribution in [0.15, 0.2) is 23.3 Å². The predicted molar refractivity (Wildman–Crippen MR) is 83.2 cm³/mol. The van der Waals surface area contributed by atoms with Crippen LogP contribution >= 0.6 is 0 Å². The lowest BCUT2D eigenvalue weighted by molar-refractivity contribution is -0.154. The topological polar surface area (TPSA) is 75.1 Å². The van der Waals surface area contributed by atoms with Gasteiger partial charge in [-0.1, -0.05) is 44.1 Å². The lowest BCUT2D eigenvalue weighted by Crippen LogP contribution is -2.22. The Morgan fingerprint density at radius 1 is 1.24 bits per heavy atom. The molecule has 0 aliphatic heterocycles. The molecular formula is C16H23N3O2. The van der Waals surface area contributed by atoms with E-state index in [4.69, 9.17) is 10.3 Å². The summed E-state index contributed by atoms with van der Waals surface area (Å²) in [5, 5.41) is 3.72. The zero-order valence-electron chi connectivity index (χ0n) is 13.6. The van der Waals surface area contributed by atoms with Crippen molar-refractivity contribution in [3.8, 4) is 0 Å². The van der Waals surface area contributed by atoms with Gasteiger partial charge in [-0.2, -0.15) is 0 Å². The molecule has 1 aromatic rings. The maximum absolute atomic E-state index is 11.8. The van der Waals surface area contributed by atoms with Crippen LogP contribution in [0.25, 0.3) is 10.4 Å². The first kappa shape index (κ1) is 17.1. The van der Waals surface area contributed by atoms with Crippen molar-refractivity contribution >= 4 is 11.7 Å². The van der Waals surface area contributed by atoms with Crippen LogP contribution in [0.2, 0.25) is 0 Å². The van der Waals surface area contributed by atoms with Crippen molar-refractivity contribution in [1.82, 2.24) is 0 Å². The van der Waals surface area contributed by atoms with Crippen molar-refractivity contribution in [2.75, 3.05) is 0 Å². The van der Waals surface area contributed by atoms with Gasteiger partial charge in [0.05, 0.1) is 5.41 Å². The zero-order valence-corrected chi connectivity index (χ0v) is 13.6. The summed E-state index contributed by atoms with van der Waals surface area (Å²) in [4.78, 5) is 14.7. The number of hydrogen-bond acceptors (Lipinski definition) is 3. The van der Waals surface area contributed by atoms with Crippen LogP contribution in [0.1, 0.15) is 52.7 Å². The van der Waals surface area contributed by atoms with Crippen LogP contribution in [0, 0.1) is 5.41 Å². The van der Waals surface area contributed by atoms with Gasteiger partial charge in [-0.25, -0.2) is 0 Å². The molecule has 0 atom stereocenters. The summed E-state index contributed by atoms with van der Waals surface area (Å²) >= 11 is 0. The van der Waals surface area contributed by atoms with Gasteiger partial charge in [-0.15, -0.1) is 0 Å². The van der Waals surface area contributed by atoms with Crippen LogP contribution in [-0.4, -0.2) is 5.97 Å². The lowest BCUT2D eigenvalue weighted by Gasteiger charge is -2.22. The van der Waals surface area contributed by atoms with Gasteiger partial charge < -0.3 is 4.74 Å². The highest BCUT2D eigenvalue weighted by molar-refractivity contribution is 5.75. The van der Waals surface area contributed by atoms with E-state index in [1.807, 2.05) is 53.7 Å². The Kier molecular flexibility index (Phi) is 5.02. The van der Waals surface area contributed by atoms with E-state index in [1.165, 1.54) is 0 Å². The maximum atomic E-state index is 11.8. The third-order valence-electron chi connectivity index (χ3n) is 3.00. The number of azide groups is 1. The van der Waals surface area contributed by atoms with Gasteiger partial charge in [0.15, 0.2) is 0 Å². The first-order valence-electron chi connectivity index (χ1n) is 6.91. The molecule has 0 amide bonds. The Hall–Kier alpha value is -2.00. The second-order valence-corrected chi connectivity index (χ2v) is 7.12. The normalized spacial score (nSPS) is 11.7. The molecule has 5 nitrogen and oxygen atoms in total. The van der Waals surface area contributed by atoms with E-state index in [9.17, 15) is 4.79 Å². The highest BCUT2D eigenvalue weighted by Crippen LogP contribution is 2.32. The largest absolute Gasteiger partial charge is 0.460 e. The molecule has 5 heteroatoms. The Morgan fingerprint density at radius 3 is 2.33 bits per heavy atom. The molecule has 0 aliphatic rings. The van der Waals surface area contributed by atoms with Gasteiger partial charge in [0, 0.05) is 10.6 Å². The number of nitrogens with zero attached hydrogens (tertiary/aromatic N) is 3. The van der Waals surface area contributed by atoms with Crippen LogP contribution in [0.3, 0.4) is 0 Å². The molecule has 0 N–H and O–H groups in total. The van der Waals surface area contributed by atoms with Crippen LogP contribution in [-0.2, 0) is 21.6 Å². The summed E-state index contributed by atoms with van der Waals surface area (Å²) in [5.41, 5.74) is 10.4. The van der Waals surface area contributed by atoms with Gasteiger partial charge in [0.1, 0.15) is 6.61 Å². The SMILES string of the molecule is CC(C)(C)C(=O)OCc1ccc(N=[N+]=[N-])c(C(C)(C)C)c1. The molecule has 0 radical (unpaired) electrons. The van der Waals surface area contributed by atoms with Crippen molar-refractivity contribution < 1.29 is 9.53 Å². The molecule has 0 aliphatic carbocycles. The standard InChI is InChI=1S/C16H23N3O2/c1-15(2,3)12-9-11(7-8-13(12)18-19-17)10-21-14(20)16(4,5)6/h7-9H,10H2,1-6H3. The fraction of sp³-hybridized carbons (Fsp3) is 0.562. The smallest absolute Gasteiger partial charge is 0.311 e. The van der Waals surface area contributed by atoms with E-state index in [0.29, 0.717) is 5.69 Å². The third-order valence-corrected chi connectivity index (χ3v) is 3.00. The molecule has 0 fully saturated rings. The summed E-state index contributed by atoms with van der Waals surface area (Å²) in [6.45, 7) is 11.8. The van der Waals surface area contributed by atoms with Crippen LogP contribution < -0.4 is 0 Å². The molecule has 0 aromatic heterocycles. The number of esters is 1. The minimum Gasteiger partial charge on any atom is -0.460 e. The molecule has 21 heavy (non-hydrogen) atoms. The van der Waals surface area contributed by atoms with E-state index >= 15 is 0 Å². The fourth-order valence-corrected chi connectivity index (χ4v) is 1.77. The van der Waals surface area contributed by atoms with Gasteiger partial charge in [0.2, 0.25) is 0 Å². The van der Waals surface area contributed by atoms with Gasteiger partial charge in [0.25, 0.3) is 0 Å². The second-order valence-electron chi connectivity index (χ2n) is 7.12. The van der Waals surface area contributed by atoms with Crippen molar-refractivity contribution in [3.05, 3.63) is 39.8 Å². The summed E-state index contributed by atoms with van der Waals surface area (Å²) in [5.74, 6) is -0.237. The van der Waals surface area contributed by atoms with E-state index in [2.05, 4.69) is 10.0 Å². The molecule has 1 rings (SSSR count). The molecule has 0 saturated carbocycles. The van der Waals surface area contributed by atoms with Crippen molar-refractivity contribution in [2.45, 2.75) is 53.6 Å². The number of carbonyl (C=O) groups excluding carboxylic acids is 1. The second kappa shape index (κ2) is 6.19. The number of hydrogen-bond donors (Lipinski definition) is 0. The first-order chi connectivity index (χ1) is 9.55. The summed E-state index contributed by atoms with van der Waals surface area (Å²) in [6.07, 6.45) is 0. The number of rotatable bonds is 3. The predicted octanol–water partition coefficient (Wildman–Crippen LogP) is 5.02. The Labute approximate surface area is 125 Å². The Morgan fingerprint density at radius 2 is 1.86 bits per heavy atom. The van der Waals surface area contributed by atoms with Gasteiger partial charge in [-0.05, 0) is 42.8 Å². The quantitative estimate of drug-likeness (QED) is 0.339. The van der Waals surface area contributed by atoms with Gasteiger partial charge in [-0.3, -0.25) is 4.79 Å². The summed E-state index contributed by atoms with van der Waals surface area (Å²) in [6, 6.07) is 5.51. The van der Waals surface area contributed by atoms with Crippen LogP contribution in [0.4, 0.5) is 5.69 Å². The molecule has 0 saturated heterocycles. The molecule has 114 valence electrons. The average molecular weight is 289 g/mol. The molecule has 1 aromatic carbocycles. The van der Waals surface area contributed by atoms with Crippen LogP contribution in [0.5, 0.6) is 0 Å². The molecule has 0 unspecified atom stereocenters. The zero-order chi connectivity index (χ0) is 16.3. The Balaban J connectivity index is 3.01. The Bertz CT molecular complexity index is 574. The van der Waals surface area contributed by atoms with E-state index in [-0.39, 0.29) is 18.0 Å². The maximum Gasteiger partial charge on any atom is 0.311 e. The lowest BCUT2D eigenvalue weighted by atomic mass is 9.85. The van der Waals surface area contributed by atoms with E-state index < -0.39 is 5.41 Å². The number of benzene rings is 1. The van der Waals surface area contributed by atoms with Crippen molar-refractivity contribution in [1.29, 1.82) is 0 Å². The third kappa shape index (κ3) is 4.80. The molecule has 0 heterocycles. The number of carbonyl (C=O) groups is 1. The molecule has 0 bridgehead atoms. The van der Waals surface area contributed by atoms with Gasteiger partial charge >= 0.3 is 5.97 Å². The summed E-state index contributed by atoms with van der Waals surface area (Å²) < 4.78 is 5.32. The number of ether oxygens (including phenoxy) is 1. The first-order valence-corrected chi connectivity index (χ1v) is 6.91. The fourth-order valence-electron chi connectivity index (χ4n) is 1.77. The highest BCUT2D eigenvalue weighted by Gasteiger charge is 2.23. The average Bonchev–Trinajstić information content (AvgIpc) is 2.35. The summed E-state index contributed by atoms with van der Waals surface area (Å²) in [7, 11) is 0. The monoisotopic (exact) mass is 289 g/mol. The minimum atomic E-state index is -0.516. The van der Waals surface area contributed by atoms with E-state index in [1.54, 1.807) is 6.07 Å². The molecular weight excluding hydrogens is 266 g/mol. The van der Waals surface area contributed by atoms with Crippen molar-refractivity contribution in [2.24, 2.45) is 10.5 Å². The van der Waals surface area contributed by atoms with Crippen molar-refractivity contribution in [3.63, 3.8) is 0 Å². The van der Waals surface area contributed by atoms with E-state index in [0.717, 1.165) is 11.1 Å². The minimum absolute atomic E-state index is 0.159.